The van der Waals surface area contributed by atoms with E-state index in [4.69, 9.17) is 5.26 Å². The SMILES string of the molecule is N#CC1[C@@H]2CN(Cc3ccccc3)C[C@@H]12. The highest BCUT2D eigenvalue weighted by atomic mass is 15.2. The fourth-order valence-corrected chi connectivity index (χ4v) is 2.78. The number of nitrogens with zero attached hydrogens (tertiary/aromatic N) is 2. The Morgan fingerprint density at radius 1 is 1.20 bits per heavy atom. The molecular formula is C13H14N2. The van der Waals surface area contributed by atoms with E-state index < -0.39 is 0 Å². The lowest BCUT2D eigenvalue weighted by Gasteiger charge is -2.17. The third-order valence-corrected chi connectivity index (χ3v) is 3.67. The molecule has 0 spiro atoms. The summed E-state index contributed by atoms with van der Waals surface area (Å²) in [6, 6.07) is 13.0. The van der Waals surface area contributed by atoms with E-state index in [0.29, 0.717) is 17.8 Å². The molecule has 0 unspecified atom stereocenters. The van der Waals surface area contributed by atoms with Crippen LogP contribution in [0.2, 0.25) is 0 Å². The zero-order valence-corrected chi connectivity index (χ0v) is 8.63. The van der Waals surface area contributed by atoms with E-state index in [9.17, 15) is 0 Å². The van der Waals surface area contributed by atoms with Gasteiger partial charge < -0.3 is 0 Å². The van der Waals surface area contributed by atoms with Gasteiger partial charge in [-0.3, -0.25) is 4.90 Å². The molecule has 1 aromatic carbocycles. The largest absolute Gasteiger partial charge is 0.298 e. The lowest BCUT2D eigenvalue weighted by Crippen LogP contribution is -2.23. The van der Waals surface area contributed by atoms with Crippen molar-refractivity contribution in [2.45, 2.75) is 6.54 Å². The zero-order chi connectivity index (χ0) is 10.3. The Kier molecular flexibility index (Phi) is 2.00. The Bertz CT molecular complexity index is 381. The second-order valence-electron chi connectivity index (χ2n) is 4.66. The van der Waals surface area contributed by atoms with Crippen LogP contribution in [0.25, 0.3) is 0 Å². The summed E-state index contributed by atoms with van der Waals surface area (Å²) in [5.74, 6) is 1.73. The lowest BCUT2D eigenvalue weighted by atomic mass is 10.2. The molecule has 2 heteroatoms. The predicted octanol–water partition coefficient (Wildman–Crippen LogP) is 1.89. The van der Waals surface area contributed by atoms with Crippen molar-refractivity contribution < 1.29 is 0 Å². The van der Waals surface area contributed by atoms with Crippen molar-refractivity contribution in [1.29, 1.82) is 5.26 Å². The van der Waals surface area contributed by atoms with Crippen molar-refractivity contribution in [3.63, 3.8) is 0 Å². The maximum Gasteiger partial charge on any atom is 0.0662 e. The molecule has 2 nitrogen and oxygen atoms in total. The highest BCUT2D eigenvalue weighted by molar-refractivity contribution is 5.18. The van der Waals surface area contributed by atoms with E-state index in [-0.39, 0.29) is 0 Å². The summed E-state index contributed by atoms with van der Waals surface area (Å²) < 4.78 is 0. The van der Waals surface area contributed by atoms with Crippen LogP contribution in [0.1, 0.15) is 5.56 Å². The maximum atomic E-state index is 8.82. The summed E-state index contributed by atoms with van der Waals surface area (Å²) in [5, 5.41) is 8.82. The Morgan fingerprint density at radius 2 is 1.87 bits per heavy atom. The fraction of sp³-hybridized carbons (Fsp3) is 0.462. The van der Waals surface area contributed by atoms with Gasteiger partial charge in [-0.2, -0.15) is 5.26 Å². The molecule has 0 aromatic heterocycles. The van der Waals surface area contributed by atoms with E-state index in [1.54, 1.807) is 0 Å². The normalized spacial score (nSPS) is 33.4. The number of piperidine rings is 1. The fourth-order valence-electron chi connectivity index (χ4n) is 2.78. The second-order valence-corrected chi connectivity index (χ2v) is 4.66. The molecule has 1 saturated heterocycles. The lowest BCUT2D eigenvalue weighted by molar-refractivity contribution is 0.287. The molecule has 15 heavy (non-hydrogen) atoms. The third kappa shape index (κ3) is 1.53. The Balaban J connectivity index is 1.59. The molecule has 1 aliphatic carbocycles. The summed E-state index contributed by atoms with van der Waals surface area (Å²) in [4.78, 5) is 2.47. The van der Waals surface area contributed by atoms with Crippen LogP contribution >= 0.6 is 0 Å². The first kappa shape index (κ1) is 8.94. The number of benzene rings is 1. The van der Waals surface area contributed by atoms with Crippen LogP contribution in [0.4, 0.5) is 0 Å². The number of likely N-dealkylation sites (tertiary alicyclic amines) is 1. The summed E-state index contributed by atoms with van der Waals surface area (Å²) in [6.07, 6.45) is 0. The molecular weight excluding hydrogens is 184 g/mol. The van der Waals surface area contributed by atoms with Gasteiger partial charge in [0.05, 0.1) is 12.0 Å². The van der Waals surface area contributed by atoms with Gasteiger partial charge in [-0.25, -0.2) is 0 Å². The van der Waals surface area contributed by atoms with Gasteiger partial charge in [0, 0.05) is 19.6 Å². The van der Waals surface area contributed by atoms with E-state index in [0.717, 1.165) is 19.6 Å². The van der Waals surface area contributed by atoms with Gasteiger partial charge in [-0.1, -0.05) is 30.3 Å². The Hall–Kier alpha value is -1.33. The van der Waals surface area contributed by atoms with Crippen LogP contribution in [0, 0.1) is 29.1 Å². The molecule has 0 radical (unpaired) electrons. The van der Waals surface area contributed by atoms with Gasteiger partial charge in [-0.05, 0) is 17.4 Å². The molecule has 1 aromatic rings. The first-order chi connectivity index (χ1) is 7.38. The molecule has 2 aliphatic rings. The summed E-state index contributed by atoms with van der Waals surface area (Å²) >= 11 is 0. The van der Waals surface area contributed by atoms with Crippen molar-refractivity contribution >= 4 is 0 Å². The molecule has 0 bridgehead atoms. The van der Waals surface area contributed by atoms with Gasteiger partial charge in [0.2, 0.25) is 0 Å². The molecule has 76 valence electrons. The smallest absolute Gasteiger partial charge is 0.0662 e. The van der Waals surface area contributed by atoms with Crippen LogP contribution in [-0.2, 0) is 6.54 Å². The standard InChI is InChI=1S/C13H14N2/c14-6-11-12-8-15(9-13(11)12)7-10-4-2-1-3-5-10/h1-5,11-13H,7-9H2/t12-,13-/m0/s1. The van der Waals surface area contributed by atoms with Gasteiger partial charge in [0.1, 0.15) is 0 Å². The van der Waals surface area contributed by atoms with E-state index in [1.165, 1.54) is 5.56 Å². The van der Waals surface area contributed by atoms with Crippen LogP contribution in [-0.4, -0.2) is 18.0 Å². The van der Waals surface area contributed by atoms with E-state index in [1.807, 2.05) is 0 Å². The topological polar surface area (TPSA) is 27.0 Å². The predicted molar refractivity (Wildman–Crippen MR) is 57.8 cm³/mol. The van der Waals surface area contributed by atoms with Crippen LogP contribution in [0.15, 0.2) is 30.3 Å². The van der Waals surface area contributed by atoms with Crippen molar-refractivity contribution in [2.24, 2.45) is 17.8 Å². The number of nitriles is 1. The molecule has 2 fully saturated rings. The van der Waals surface area contributed by atoms with Crippen molar-refractivity contribution in [1.82, 2.24) is 4.90 Å². The van der Waals surface area contributed by atoms with Gasteiger partial charge in [-0.15, -0.1) is 0 Å². The number of rotatable bonds is 2. The van der Waals surface area contributed by atoms with Crippen LogP contribution in [0.3, 0.4) is 0 Å². The molecule has 0 amide bonds. The van der Waals surface area contributed by atoms with Gasteiger partial charge in [0.25, 0.3) is 0 Å². The minimum absolute atomic E-state index is 0.372. The number of fused-ring (bicyclic) bond motifs is 1. The molecule has 1 heterocycles. The highest BCUT2D eigenvalue weighted by Gasteiger charge is 2.55. The first-order valence-corrected chi connectivity index (χ1v) is 5.54. The van der Waals surface area contributed by atoms with E-state index >= 15 is 0 Å². The monoisotopic (exact) mass is 198 g/mol. The molecule has 2 atom stereocenters. The third-order valence-electron chi connectivity index (χ3n) is 3.67. The highest BCUT2D eigenvalue weighted by Crippen LogP contribution is 2.51. The van der Waals surface area contributed by atoms with Crippen molar-refractivity contribution in [2.75, 3.05) is 13.1 Å². The van der Waals surface area contributed by atoms with Crippen LogP contribution < -0.4 is 0 Å². The van der Waals surface area contributed by atoms with Crippen molar-refractivity contribution in [3.8, 4) is 6.07 Å². The zero-order valence-electron chi connectivity index (χ0n) is 8.63. The molecule has 1 aliphatic heterocycles. The van der Waals surface area contributed by atoms with Crippen LogP contribution in [0.5, 0.6) is 0 Å². The second kappa shape index (κ2) is 3.36. The Labute approximate surface area is 90.1 Å². The Morgan fingerprint density at radius 3 is 2.47 bits per heavy atom. The van der Waals surface area contributed by atoms with Crippen molar-refractivity contribution in [3.05, 3.63) is 35.9 Å². The molecule has 1 saturated carbocycles. The number of hydrogen-bond donors (Lipinski definition) is 0. The first-order valence-electron chi connectivity index (χ1n) is 5.54. The molecule has 3 rings (SSSR count). The van der Waals surface area contributed by atoms with Gasteiger partial charge in [0.15, 0.2) is 0 Å². The average Bonchev–Trinajstić information content (AvgIpc) is 2.75. The summed E-state index contributed by atoms with van der Waals surface area (Å²) in [6.45, 7) is 3.29. The number of hydrogen-bond acceptors (Lipinski definition) is 2. The van der Waals surface area contributed by atoms with E-state index in [2.05, 4.69) is 41.3 Å². The average molecular weight is 198 g/mol. The quantitative estimate of drug-likeness (QED) is 0.725. The summed E-state index contributed by atoms with van der Waals surface area (Å²) in [7, 11) is 0. The minimum atomic E-state index is 0.372. The summed E-state index contributed by atoms with van der Waals surface area (Å²) in [5.41, 5.74) is 1.38. The van der Waals surface area contributed by atoms with Gasteiger partial charge >= 0.3 is 0 Å². The maximum absolute atomic E-state index is 8.82. The molecule has 0 N–H and O–H groups in total. The minimum Gasteiger partial charge on any atom is -0.298 e.